The van der Waals surface area contributed by atoms with Crippen LogP contribution in [0.15, 0.2) is 158 Å². The molecule has 2 nitrogen and oxygen atoms in total. The molecule has 3 heterocycles. The molecule has 7 aromatic carbocycles. The molecule has 0 aliphatic carbocycles. The molecule has 0 amide bonds. The second kappa shape index (κ2) is 10.5. The Hall–Kier alpha value is -5.55. The molecule has 0 N–H and O–H groups in total. The third-order valence-corrected chi connectivity index (χ3v) is 11.7. The minimum absolute atomic E-state index is 1.11. The molecular formula is C43H26N2S2. The first kappa shape index (κ1) is 26.6. The zero-order valence-electron chi connectivity index (χ0n) is 25.2. The van der Waals surface area contributed by atoms with Gasteiger partial charge in [-0.15, -0.1) is 22.7 Å². The summed E-state index contributed by atoms with van der Waals surface area (Å²) in [6, 6.07) is 53.3. The summed E-state index contributed by atoms with van der Waals surface area (Å²) in [6.07, 6.45) is 3.74. The number of aromatic nitrogens is 1. The molecule has 0 atom stereocenters. The van der Waals surface area contributed by atoms with Gasteiger partial charge in [0, 0.05) is 69.8 Å². The molecule has 0 spiro atoms. The van der Waals surface area contributed by atoms with E-state index in [1.807, 2.05) is 41.1 Å². The first-order valence-electron chi connectivity index (χ1n) is 15.8. The summed E-state index contributed by atoms with van der Waals surface area (Å²) in [5.74, 6) is 0. The first-order valence-corrected chi connectivity index (χ1v) is 17.4. The Morgan fingerprint density at radius 3 is 1.49 bits per heavy atom. The third-order valence-electron chi connectivity index (χ3n) is 9.33. The van der Waals surface area contributed by atoms with Crippen molar-refractivity contribution in [1.82, 2.24) is 4.98 Å². The fraction of sp³-hybridized carbons (Fsp3) is 0. The Balaban J connectivity index is 1.17. The van der Waals surface area contributed by atoms with Crippen LogP contribution in [0.3, 0.4) is 0 Å². The van der Waals surface area contributed by atoms with Crippen LogP contribution in [-0.2, 0) is 0 Å². The van der Waals surface area contributed by atoms with E-state index in [2.05, 4.69) is 149 Å². The van der Waals surface area contributed by atoms with Gasteiger partial charge >= 0.3 is 0 Å². The van der Waals surface area contributed by atoms with Gasteiger partial charge in [0.2, 0.25) is 0 Å². The summed E-state index contributed by atoms with van der Waals surface area (Å²) in [7, 11) is 0. The van der Waals surface area contributed by atoms with Crippen molar-refractivity contribution in [3.8, 4) is 11.1 Å². The van der Waals surface area contributed by atoms with Gasteiger partial charge in [0.15, 0.2) is 0 Å². The molecule has 0 bridgehead atoms. The average Bonchev–Trinajstić information content (AvgIpc) is 3.71. The smallest absolute Gasteiger partial charge is 0.0476 e. The van der Waals surface area contributed by atoms with E-state index in [9.17, 15) is 0 Å². The van der Waals surface area contributed by atoms with Gasteiger partial charge in [0.05, 0.1) is 0 Å². The molecule has 0 unspecified atom stereocenters. The van der Waals surface area contributed by atoms with Gasteiger partial charge in [-0.25, -0.2) is 0 Å². The third kappa shape index (κ3) is 4.26. The van der Waals surface area contributed by atoms with Crippen LogP contribution in [0, 0.1) is 0 Å². The SMILES string of the molecule is c1cncc(-c2ccc(N(c3ccc4c(c3)sc3c5ccccc5ccc43)c3ccc4c(c3)sc3c5ccccc5ccc43)cc2)c1. The molecule has 0 saturated heterocycles. The summed E-state index contributed by atoms with van der Waals surface area (Å²) in [5, 5.41) is 10.5. The Bertz CT molecular complexity index is 2640. The van der Waals surface area contributed by atoms with Crippen molar-refractivity contribution >= 4 is 102 Å². The Kier molecular flexibility index (Phi) is 5.95. The normalized spacial score (nSPS) is 11.8. The summed E-state index contributed by atoms with van der Waals surface area (Å²) >= 11 is 3.78. The Labute approximate surface area is 279 Å². The molecule has 10 aromatic rings. The van der Waals surface area contributed by atoms with E-state index in [-0.39, 0.29) is 0 Å². The van der Waals surface area contributed by atoms with Crippen LogP contribution in [0.5, 0.6) is 0 Å². The summed E-state index contributed by atoms with van der Waals surface area (Å²) < 4.78 is 5.28. The molecule has 0 radical (unpaired) electrons. The van der Waals surface area contributed by atoms with E-state index in [4.69, 9.17) is 0 Å². The number of thiophene rings is 2. The van der Waals surface area contributed by atoms with Crippen LogP contribution in [0.1, 0.15) is 0 Å². The van der Waals surface area contributed by atoms with Crippen LogP contribution < -0.4 is 4.90 Å². The lowest BCUT2D eigenvalue weighted by atomic mass is 10.0. The lowest BCUT2D eigenvalue weighted by Crippen LogP contribution is -2.09. The number of pyridine rings is 1. The van der Waals surface area contributed by atoms with Crippen molar-refractivity contribution in [1.29, 1.82) is 0 Å². The summed E-state index contributed by atoms with van der Waals surface area (Å²) in [4.78, 5) is 6.74. The maximum atomic E-state index is 4.34. The highest BCUT2D eigenvalue weighted by Crippen LogP contribution is 2.45. The number of nitrogens with zero attached hydrogens (tertiary/aromatic N) is 2. The number of hydrogen-bond donors (Lipinski definition) is 0. The minimum Gasteiger partial charge on any atom is -0.310 e. The highest BCUT2D eigenvalue weighted by molar-refractivity contribution is 7.27. The zero-order chi connectivity index (χ0) is 30.9. The van der Waals surface area contributed by atoms with Crippen LogP contribution in [0.25, 0.3) is 73.0 Å². The molecule has 10 rings (SSSR count). The van der Waals surface area contributed by atoms with Crippen molar-refractivity contribution in [3.05, 3.63) is 158 Å². The summed E-state index contributed by atoms with van der Waals surface area (Å²) in [6.45, 7) is 0. The van der Waals surface area contributed by atoms with Gasteiger partial charge in [-0.3, -0.25) is 4.98 Å². The van der Waals surface area contributed by atoms with E-state index in [0.29, 0.717) is 0 Å². The van der Waals surface area contributed by atoms with Gasteiger partial charge in [-0.1, -0.05) is 103 Å². The lowest BCUT2D eigenvalue weighted by Gasteiger charge is -2.26. The van der Waals surface area contributed by atoms with Crippen LogP contribution in [-0.4, -0.2) is 4.98 Å². The molecule has 4 heteroatoms. The van der Waals surface area contributed by atoms with Crippen LogP contribution in [0.2, 0.25) is 0 Å². The van der Waals surface area contributed by atoms with Crippen molar-refractivity contribution < 1.29 is 0 Å². The van der Waals surface area contributed by atoms with Crippen molar-refractivity contribution in [2.45, 2.75) is 0 Å². The molecule has 47 heavy (non-hydrogen) atoms. The van der Waals surface area contributed by atoms with Gasteiger partial charge in [-0.2, -0.15) is 0 Å². The number of anilines is 3. The molecule has 0 saturated carbocycles. The van der Waals surface area contributed by atoms with Gasteiger partial charge in [0.25, 0.3) is 0 Å². The average molecular weight is 635 g/mol. The maximum Gasteiger partial charge on any atom is 0.0476 e. The largest absolute Gasteiger partial charge is 0.310 e. The van der Waals surface area contributed by atoms with E-state index < -0.39 is 0 Å². The maximum absolute atomic E-state index is 4.34. The summed E-state index contributed by atoms with van der Waals surface area (Å²) in [5.41, 5.74) is 5.68. The van der Waals surface area contributed by atoms with Gasteiger partial charge < -0.3 is 4.90 Å². The highest BCUT2D eigenvalue weighted by atomic mass is 32.1. The predicted molar refractivity (Wildman–Crippen MR) is 205 cm³/mol. The lowest BCUT2D eigenvalue weighted by molar-refractivity contribution is 1.29. The monoisotopic (exact) mass is 634 g/mol. The Morgan fingerprint density at radius 1 is 0.404 bits per heavy atom. The van der Waals surface area contributed by atoms with Crippen LogP contribution >= 0.6 is 22.7 Å². The van der Waals surface area contributed by atoms with Crippen molar-refractivity contribution in [3.63, 3.8) is 0 Å². The standard InChI is InChI=1S/C43H26N2S2/c1-3-9-34-28(6-1)13-19-38-36-21-17-32(24-40(36)46-42(34)38)45(31-15-11-27(12-16-31)30-8-5-23-44-26-30)33-18-22-37-39-20-14-29-7-2-4-10-35(29)43(39)47-41(37)25-33/h1-26H. The number of fused-ring (bicyclic) bond motifs is 10. The highest BCUT2D eigenvalue weighted by Gasteiger charge is 2.18. The molecule has 3 aromatic heterocycles. The topological polar surface area (TPSA) is 16.1 Å². The first-order chi connectivity index (χ1) is 23.3. The predicted octanol–water partition coefficient (Wildman–Crippen LogP) is 13.3. The zero-order valence-corrected chi connectivity index (χ0v) is 26.9. The minimum atomic E-state index is 1.11. The molecular weight excluding hydrogens is 609 g/mol. The number of rotatable bonds is 4. The molecule has 0 fully saturated rings. The molecule has 0 aliphatic rings. The number of hydrogen-bond acceptors (Lipinski definition) is 4. The number of benzene rings is 7. The quantitative estimate of drug-likeness (QED) is 0.191. The Morgan fingerprint density at radius 2 is 0.936 bits per heavy atom. The molecule has 220 valence electrons. The van der Waals surface area contributed by atoms with Crippen molar-refractivity contribution in [2.75, 3.05) is 4.90 Å². The van der Waals surface area contributed by atoms with E-state index >= 15 is 0 Å². The second-order valence-electron chi connectivity index (χ2n) is 12.0. The van der Waals surface area contributed by atoms with E-state index in [1.54, 1.807) is 0 Å². The molecule has 0 aliphatic heterocycles. The second-order valence-corrected chi connectivity index (χ2v) is 14.1. The van der Waals surface area contributed by atoms with E-state index in [0.717, 1.165) is 28.2 Å². The van der Waals surface area contributed by atoms with Gasteiger partial charge in [-0.05, 0) is 75.1 Å². The van der Waals surface area contributed by atoms with Crippen molar-refractivity contribution in [2.24, 2.45) is 0 Å². The van der Waals surface area contributed by atoms with Crippen LogP contribution in [0.4, 0.5) is 17.1 Å². The fourth-order valence-electron chi connectivity index (χ4n) is 7.05. The fourth-order valence-corrected chi connectivity index (χ4v) is 9.59. The van der Waals surface area contributed by atoms with Gasteiger partial charge in [0.1, 0.15) is 0 Å². The van der Waals surface area contributed by atoms with E-state index in [1.165, 1.54) is 61.9 Å².